The van der Waals surface area contributed by atoms with Gasteiger partial charge in [0.25, 0.3) is 0 Å². The number of carbonyl (C=O) groups is 2. The van der Waals surface area contributed by atoms with Gasteiger partial charge in [0.1, 0.15) is 55.4 Å². The van der Waals surface area contributed by atoms with Crippen molar-refractivity contribution in [1.82, 2.24) is 0 Å². The first-order valence-corrected chi connectivity index (χ1v) is 21.1. The minimum Gasteiger partial charge on any atom is -0.462 e. The molecule has 2 rings (SSSR count). The second-order valence-electron chi connectivity index (χ2n) is 14.8. The van der Waals surface area contributed by atoms with E-state index in [2.05, 4.69) is 50.3 Å². The Labute approximate surface area is 338 Å². The molecule has 0 aromatic rings. The van der Waals surface area contributed by atoms with E-state index in [-0.39, 0.29) is 26.1 Å². The lowest BCUT2D eigenvalue weighted by molar-refractivity contribution is -0.332. The van der Waals surface area contributed by atoms with Crippen LogP contribution in [-0.2, 0) is 38.0 Å². The van der Waals surface area contributed by atoms with Gasteiger partial charge in [-0.3, -0.25) is 9.59 Å². The molecule has 7 N–H and O–H groups in total. The Kier molecular flexibility index (Phi) is 27.4. The molecule has 0 saturated carbocycles. The molecule has 11 atom stereocenters. The van der Waals surface area contributed by atoms with Gasteiger partial charge in [-0.1, -0.05) is 102 Å². The number of allylic oxidation sites excluding steroid dienone is 6. The van der Waals surface area contributed by atoms with E-state index >= 15 is 0 Å². The molecule has 2 aliphatic heterocycles. The summed E-state index contributed by atoms with van der Waals surface area (Å²) in [5.41, 5.74) is 0. The number of carbonyl (C=O) groups excluding carboxylic acids is 2. The highest BCUT2D eigenvalue weighted by molar-refractivity contribution is 5.70. The quantitative estimate of drug-likeness (QED) is 0.0313. The van der Waals surface area contributed by atoms with E-state index < -0.39 is 92.7 Å². The van der Waals surface area contributed by atoms with Crippen molar-refractivity contribution in [3.05, 3.63) is 36.5 Å². The van der Waals surface area contributed by atoms with Crippen LogP contribution in [0.5, 0.6) is 0 Å². The first-order valence-electron chi connectivity index (χ1n) is 21.1. The summed E-state index contributed by atoms with van der Waals surface area (Å²) in [5, 5.41) is 71.6. The molecule has 0 bridgehead atoms. The van der Waals surface area contributed by atoms with Gasteiger partial charge in [0.2, 0.25) is 0 Å². The number of ether oxygens (including phenoxy) is 6. The molecular formula is C42H72O15. The number of aliphatic hydroxyl groups is 7. The molecular weight excluding hydrogens is 744 g/mol. The molecule has 330 valence electrons. The van der Waals surface area contributed by atoms with Gasteiger partial charge in [-0.25, -0.2) is 0 Å². The van der Waals surface area contributed by atoms with Crippen molar-refractivity contribution < 1.29 is 73.8 Å². The van der Waals surface area contributed by atoms with Gasteiger partial charge in [-0.15, -0.1) is 0 Å². The average Bonchev–Trinajstić information content (AvgIpc) is 3.20. The van der Waals surface area contributed by atoms with E-state index in [1.165, 1.54) is 0 Å². The van der Waals surface area contributed by atoms with Crippen LogP contribution in [0.1, 0.15) is 123 Å². The molecule has 57 heavy (non-hydrogen) atoms. The van der Waals surface area contributed by atoms with Gasteiger partial charge < -0.3 is 64.2 Å². The standard InChI is InChI=1S/C42H72O15/c1-3-5-7-9-11-12-13-14-15-16-17-18-19-21-22-24-33(44)52-27-30(55-34(45)25-23-20-10-8-6-4-2)28-53-41-40(51)38(49)36(47)32(57-41)29-54-42-39(50)37(48)35(46)31(26-43)56-42/h5,7,11-12,14-15,30-32,35-43,46-51H,3-4,6,8-10,13,16-29H2,1-2H3/b7-5+,12-11+,15-14+/t30-,31-,32-,35+,36+,37+,38+,39-,40-,41-,42+/m1/s1. The van der Waals surface area contributed by atoms with Crippen LogP contribution in [0.4, 0.5) is 0 Å². The lowest BCUT2D eigenvalue weighted by atomic mass is 9.98. The van der Waals surface area contributed by atoms with Gasteiger partial charge in [0, 0.05) is 12.8 Å². The lowest BCUT2D eigenvalue weighted by Crippen LogP contribution is -2.61. The SMILES string of the molecule is CC/C=C/C/C=C/C/C=C/CCCCCCCC(=O)OC[C@H](CO[C@@H]1O[C@H](CO[C@H]2O[C@H](CO)[C@H](O)[C@H](O)[C@H]2O)[C@H](O)[C@H](O)[C@H]1O)OC(=O)CCCCCCCC. The fraction of sp³-hybridized carbons (Fsp3) is 0.810. The molecule has 0 amide bonds. The molecule has 2 heterocycles. The molecule has 2 aliphatic rings. The molecule has 0 aliphatic carbocycles. The highest BCUT2D eigenvalue weighted by atomic mass is 16.7. The van der Waals surface area contributed by atoms with Crippen molar-refractivity contribution in [2.24, 2.45) is 0 Å². The first kappa shape index (κ1) is 50.9. The molecule has 15 nitrogen and oxygen atoms in total. The number of unbranched alkanes of at least 4 members (excludes halogenated alkanes) is 10. The smallest absolute Gasteiger partial charge is 0.306 e. The van der Waals surface area contributed by atoms with Crippen LogP contribution in [0, 0.1) is 0 Å². The third-order valence-corrected chi connectivity index (χ3v) is 9.88. The Morgan fingerprint density at radius 2 is 1.11 bits per heavy atom. The molecule has 0 aromatic carbocycles. The predicted molar refractivity (Wildman–Crippen MR) is 210 cm³/mol. The Morgan fingerprint density at radius 3 is 1.74 bits per heavy atom. The highest BCUT2D eigenvalue weighted by Gasteiger charge is 2.47. The van der Waals surface area contributed by atoms with E-state index in [9.17, 15) is 45.3 Å². The van der Waals surface area contributed by atoms with Crippen molar-refractivity contribution in [2.45, 2.75) is 191 Å². The highest BCUT2D eigenvalue weighted by Crippen LogP contribution is 2.26. The molecule has 0 radical (unpaired) electrons. The summed E-state index contributed by atoms with van der Waals surface area (Å²) in [4.78, 5) is 25.4. The number of aliphatic hydroxyl groups excluding tert-OH is 7. The van der Waals surface area contributed by atoms with Gasteiger partial charge >= 0.3 is 11.9 Å². The summed E-state index contributed by atoms with van der Waals surface area (Å²) in [6, 6.07) is 0. The van der Waals surface area contributed by atoms with E-state index in [4.69, 9.17) is 28.4 Å². The maximum atomic E-state index is 12.7. The number of hydrogen-bond acceptors (Lipinski definition) is 15. The van der Waals surface area contributed by atoms with E-state index in [1.54, 1.807) is 0 Å². The Hall–Kier alpha value is -2.28. The van der Waals surface area contributed by atoms with Crippen LogP contribution in [-0.4, -0.2) is 142 Å². The van der Waals surface area contributed by atoms with E-state index in [0.29, 0.717) is 12.8 Å². The molecule has 2 fully saturated rings. The van der Waals surface area contributed by atoms with Crippen molar-refractivity contribution in [1.29, 1.82) is 0 Å². The third-order valence-electron chi connectivity index (χ3n) is 9.88. The Bertz CT molecular complexity index is 1150. The summed E-state index contributed by atoms with van der Waals surface area (Å²) in [5.74, 6) is -0.960. The van der Waals surface area contributed by atoms with Crippen LogP contribution >= 0.6 is 0 Å². The van der Waals surface area contributed by atoms with Crippen LogP contribution in [0.15, 0.2) is 36.5 Å². The third kappa shape index (κ3) is 20.5. The Morgan fingerprint density at radius 1 is 0.579 bits per heavy atom. The summed E-state index contributed by atoms with van der Waals surface area (Å²) in [6.45, 7) is 2.34. The number of rotatable bonds is 30. The maximum absolute atomic E-state index is 12.7. The summed E-state index contributed by atoms with van der Waals surface area (Å²) < 4.78 is 33.2. The van der Waals surface area contributed by atoms with Crippen molar-refractivity contribution in [3.8, 4) is 0 Å². The molecule has 2 saturated heterocycles. The average molecular weight is 817 g/mol. The molecule has 15 heteroatoms. The van der Waals surface area contributed by atoms with Crippen molar-refractivity contribution in [3.63, 3.8) is 0 Å². The van der Waals surface area contributed by atoms with Crippen molar-refractivity contribution >= 4 is 11.9 Å². The van der Waals surface area contributed by atoms with Gasteiger partial charge in [0.05, 0.1) is 19.8 Å². The topological polar surface area (TPSA) is 231 Å². The molecule has 0 spiro atoms. The van der Waals surface area contributed by atoms with Crippen molar-refractivity contribution in [2.75, 3.05) is 26.4 Å². The first-order chi connectivity index (χ1) is 27.5. The monoisotopic (exact) mass is 816 g/mol. The van der Waals surface area contributed by atoms with Crippen LogP contribution in [0.25, 0.3) is 0 Å². The lowest BCUT2D eigenvalue weighted by Gasteiger charge is -2.42. The molecule has 0 aromatic heterocycles. The van der Waals surface area contributed by atoms with Gasteiger partial charge in [0.15, 0.2) is 18.7 Å². The van der Waals surface area contributed by atoms with Gasteiger partial charge in [-0.05, 0) is 44.9 Å². The fourth-order valence-electron chi connectivity index (χ4n) is 6.35. The summed E-state index contributed by atoms with van der Waals surface area (Å²) in [6.07, 6.45) is 11.0. The normalized spacial score (nSPS) is 28.7. The maximum Gasteiger partial charge on any atom is 0.306 e. The second kappa shape index (κ2) is 30.7. The zero-order valence-corrected chi connectivity index (χ0v) is 34.1. The Balaban J connectivity index is 1.84. The zero-order chi connectivity index (χ0) is 41.8. The number of esters is 2. The van der Waals surface area contributed by atoms with Crippen LogP contribution < -0.4 is 0 Å². The van der Waals surface area contributed by atoms with E-state index in [0.717, 1.165) is 83.5 Å². The van der Waals surface area contributed by atoms with Crippen LogP contribution in [0.2, 0.25) is 0 Å². The summed E-state index contributed by atoms with van der Waals surface area (Å²) >= 11 is 0. The van der Waals surface area contributed by atoms with Crippen LogP contribution in [0.3, 0.4) is 0 Å². The minimum atomic E-state index is -1.76. The largest absolute Gasteiger partial charge is 0.462 e. The van der Waals surface area contributed by atoms with Gasteiger partial charge in [-0.2, -0.15) is 0 Å². The minimum absolute atomic E-state index is 0.158. The summed E-state index contributed by atoms with van der Waals surface area (Å²) in [7, 11) is 0. The predicted octanol–water partition coefficient (Wildman–Crippen LogP) is 3.42. The number of hydrogen-bond donors (Lipinski definition) is 7. The van der Waals surface area contributed by atoms with E-state index in [1.807, 2.05) is 0 Å². The zero-order valence-electron chi connectivity index (χ0n) is 34.1. The molecule has 0 unspecified atom stereocenters. The second-order valence-corrected chi connectivity index (χ2v) is 14.8. The fourth-order valence-corrected chi connectivity index (χ4v) is 6.35.